The van der Waals surface area contributed by atoms with Gasteiger partial charge in [0.05, 0.1) is 39.8 Å². The van der Waals surface area contributed by atoms with Crippen LogP contribution in [0.2, 0.25) is 5.02 Å². The minimum absolute atomic E-state index is 0.0870. The number of hydrogen-bond acceptors (Lipinski definition) is 3. The predicted octanol–water partition coefficient (Wildman–Crippen LogP) is 3.19. The van der Waals surface area contributed by atoms with Crippen molar-refractivity contribution < 1.29 is 27.5 Å². The van der Waals surface area contributed by atoms with Crippen LogP contribution in [0.25, 0.3) is 0 Å². The molecule has 126 valence electrons. The Morgan fingerprint density at radius 1 is 1.25 bits per heavy atom. The first kappa shape index (κ1) is 15.7. The molecule has 0 aromatic heterocycles. The number of amides is 2. The fraction of sp³-hybridized carbons (Fsp3) is 0.375. The van der Waals surface area contributed by atoms with Crippen LogP contribution < -0.4 is 4.90 Å². The molecule has 4 atom stereocenters. The van der Waals surface area contributed by atoms with Crippen molar-refractivity contribution in [3.8, 4) is 0 Å². The lowest BCUT2D eigenvalue weighted by atomic mass is 9.78. The van der Waals surface area contributed by atoms with Crippen LogP contribution in [0, 0.1) is 11.8 Å². The molecule has 2 saturated heterocycles. The number of benzene rings is 1. The first-order valence-corrected chi connectivity index (χ1v) is 7.63. The molecule has 24 heavy (non-hydrogen) atoms. The van der Waals surface area contributed by atoms with Gasteiger partial charge in [-0.05, 0) is 25.1 Å². The van der Waals surface area contributed by atoms with Crippen LogP contribution in [0.1, 0.15) is 12.5 Å². The molecular formula is C16H11ClF3NO3. The Hall–Kier alpha value is -1.86. The SMILES string of the molecule is CC12C=CC(O1)C1C(=O)N(c3cc(C(F)(F)F)ccc3Cl)C(=O)C12. The number of rotatable bonds is 1. The van der Waals surface area contributed by atoms with Crippen molar-refractivity contribution in [2.24, 2.45) is 11.8 Å². The van der Waals surface area contributed by atoms with Gasteiger partial charge in [0.15, 0.2) is 0 Å². The number of hydrogen-bond donors (Lipinski definition) is 0. The molecule has 0 N–H and O–H groups in total. The second-order valence-corrected chi connectivity index (χ2v) is 6.71. The molecule has 3 aliphatic rings. The molecule has 4 nitrogen and oxygen atoms in total. The van der Waals surface area contributed by atoms with Crippen molar-refractivity contribution in [3.63, 3.8) is 0 Å². The molecule has 1 aromatic rings. The molecule has 2 fully saturated rings. The number of halogens is 4. The lowest BCUT2D eigenvalue weighted by Crippen LogP contribution is -2.38. The first-order chi connectivity index (χ1) is 11.1. The van der Waals surface area contributed by atoms with Gasteiger partial charge in [-0.25, -0.2) is 4.90 Å². The van der Waals surface area contributed by atoms with E-state index in [-0.39, 0.29) is 10.7 Å². The van der Waals surface area contributed by atoms with Gasteiger partial charge >= 0.3 is 6.18 Å². The van der Waals surface area contributed by atoms with Crippen molar-refractivity contribution in [1.29, 1.82) is 0 Å². The van der Waals surface area contributed by atoms with E-state index < -0.39 is 47.1 Å². The van der Waals surface area contributed by atoms with E-state index >= 15 is 0 Å². The number of alkyl halides is 3. The summed E-state index contributed by atoms with van der Waals surface area (Å²) < 4.78 is 44.5. The van der Waals surface area contributed by atoms with Gasteiger partial charge in [-0.1, -0.05) is 23.8 Å². The highest BCUT2D eigenvalue weighted by molar-refractivity contribution is 6.36. The zero-order valence-corrected chi connectivity index (χ0v) is 13.1. The summed E-state index contributed by atoms with van der Waals surface area (Å²) in [7, 11) is 0. The number of fused-ring (bicyclic) bond motifs is 5. The van der Waals surface area contributed by atoms with Gasteiger partial charge in [0.25, 0.3) is 0 Å². The van der Waals surface area contributed by atoms with Crippen molar-refractivity contribution >= 4 is 29.1 Å². The first-order valence-electron chi connectivity index (χ1n) is 7.25. The molecule has 0 spiro atoms. The fourth-order valence-electron chi connectivity index (χ4n) is 3.75. The standard InChI is InChI=1S/C16H11ClF3NO3/c1-15-5-4-10(24-15)11-12(15)14(23)21(13(11)22)9-6-7(16(18,19)20)2-3-8(9)17/h2-6,10-12H,1H3. The van der Waals surface area contributed by atoms with Gasteiger partial charge in [-0.3, -0.25) is 9.59 Å². The fourth-order valence-corrected chi connectivity index (χ4v) is 3.95. The van der Waals surface area contributed by atoms with E-state index in [2.05, 4.69) is 0 Å². The van der Waals surface area contributed by atoms with Crippen LogP contribution in [-0.2, 0) is 20.5 Å². The minimum Gasteiger partial charge on any atom is -0.362 e. The number of carbonyl (C=O) groups excluding carboxylic acids is 2. The maximum atomic E-state index is 12.9. The number of carbonyl (C=O) groups is 2. The third-order valence-corrected chi connectivity index (χ3v) is 5.16. The Morgan fingerprint density at radius 3 is 2.58 bits per heavy atom. The largest absolute Gasteiger partial charge is 0.416 e. The molecule has 2 amide bonds. The highest BCUT2D eigenvalue weighted by Gasteiger charge is 2.66. The quantitative estimate of drug-likeness (QED) is 0.573. The number of anilines is 1. The third-order valence-electron chi connectivity index (χ3n) is 4.84. The highest BCUT2D eigenvalue weighted by atomic mass is 35.5. The summed E-state index contributed by atoms with van der Waals surface area (Å²) in [5.74, 6) is -2.63. The zero-order chi connectivity index (χ0) is 17.4. The van der Waals surface area contributed by atoms with E-state index in [1.54, 1.807) is 19.1 Å². The van der Waals surface area contributed by atoms with Crippen LogP contribution in [0.4, 0.5) is 18.9 Å². The topological polar surface area (TPSA) is 46.6 Å². The maximum Gasteiger partial charge on any atom is 0.416 e. The summed E-state index contributed by atoms with van der Waals surface area (Å²) in [6.45, 7) is 1.69. The van der Waals surface area contributed by atoms with Gasteiger partial charge in [0, 0.05) is 0 Å². The number of nitrogens with zero attached hydrogens (tertiary/aromatic N) is 1. The molecule has 0 saturated carbocycles. The number of imide groups is 1. The van der Waals surface area contributed by atoms with Crippen molar-refractivity contribution in [3.05, 3.63) is 40.9 Å². The van der Waals surface area contributed by atoms with Gasteiger partial charge < -0.3 is 4.74 Å². The Bertz CT molecular complexity index is 806. The Morgan fingerprint density at radius 2 is 1.96 bits per heavy atom. The average molecular weight is 358 g/mol. The molecule has 0 radical (unpaired) electrons. The van der Waals surface area contributed by atoms with Crippen LogP contribution in [0.15, 0.2) is 30.4 Å². The molecule has 1 aromatic carbocycles. The van der Waals surface area contributed by atoms with Gasteiger partial charge in [-0.15, -0.1) is 0 Å². The molecule has 4 unspecified atom stereocenters. The van der Waals surface area contributed by atoms with Crippen molar-refractivity contribution in [1.82, 2.24) is 0 Å². The van der Waals surface area contributed by atoms with E-state index in [0.29, 0.717) is 0 Å². The summed E-state index contributed by atoms with van der Waals surface area (Å²) in [6, 6.07) is 2.59. The minimum atomic E-state index is -4.60. The zero-order valence-electron chi connectivity index (χ0n) is 12.3. The molecule has 8 heteroatoms. The van der Waals surface area contributed by atoms with Gasteiger partial charge in [0.1, 0.15) is 0 Å². The molecule has 3 heterocycles. The predicted molar refractivity (Wildman–Crippen MR) is 78.3 cm³/mol. The average Bonchev–Trinajstić information content (AvgIpc) is 3.08. The van der Waals surface area contributed by atoms with E-state index in [9.17, 15) is 22.8 Å². The molecule has 4 rings (SSSR count). The van der Waals surface area contributed by atoms with Crippen LogP contribution in [0.3, 0.4) is 0 Å². The molecule has 0 aliphatic carbocycles. The Labute approximate surface area is 139 Å². The van der Waals surface area contributed by atoms with E-state index in [4.69, 9.17) is 16.3 Å². The van der Waals surface area contributed by atoms with Gasteiger partial charge in [-0.2, -0.15) is 13.2 Å². The van der Waals surface area contributed by atoms with Gasteiger partial charge in [0.2, 0.25) is 11.8 Å². The Balaban J connectivity index is 1.80. The highest BCUT2D eigenvalue weighted by Crippen LogP contribution is 2.53. The lowest BCUT2D eigenvalue weighted by molar-refractivity contribution is -0.137. The van der Waals surface area contributed by atoms with Crippen LogP contribution in [-0.4, -0.2) is 23.5 Å². The second kappa shape index (κ2) is 4.61. The second-order valence-electron chi connectivity index (χ2n) is 6.30. The molecule has 3 aliphatic heterocycles. The van der Waals surface area contributed by atoms with Crippen molar-refractivity contribution in [2.75, 3.05) is 4.90 Å². The lowest BCUT2D eigenvalue weighted by Gasteiger charge is -2.24. The molecule has 2 bridgehead atoms. The summed E-state index contributed by atoms with van der Waals surface area (Å²) in [6.07, 6.45) is -1.70. The smallest absolute Gasteiger partial charge is 0.362 e. The third kappa shape index (κ3) is 1.91. The van der Waals surface area contributed by atoms with Crippen LogP contribution in [0.5, 0.6) is 0 Å². The maximum absolute atomic E-state index is 12.9. The summed E-state index contributed by atoms with van der Waals surface area (Å²) in [5, 5.41) is -0.0870. The van der Waals surface area contributed by atoms with E-state index in [0.717, 1.165) is 23.1 Å². The monoisotopic (exact) mass is 357 g/mol. The number of ether oxygens (including phenoxy) is 1. The summed E-state index contributed by atoms with van der Waals surface area (Å²) in [4.78, 5) is 26.2. The summed E-state index contributed by atoms with van der Waals surface area (Å²) >= 11 is 5.98. The Kier molecular flexibility index (Phi) is 3.01. The van der Waals surface area contributed by atoms with E-state index in [1.807, 2.05) is 0 Å². The van der Waals surface area contributed by atoms with Crippen molar-refractivity contribution in [2.45, 2.75) is 24.8 Å². The normalized spacial score (nSPS) is 34.4. The van der Waals surface area contributed by atoms with Crippen LogP contribution >= 0.6 is 11.6 Å². The molecular weight excluding hydrogens is 347 g/mol. The van der Waals surface area contributed by atoms with E-state index in [1.165, 1.54) is 0 Å². The summed E-state index contributed by atoms with van der Waals surface area (Å²) in [5.41, 5.74) is -2.12.